The van der Waals surface area contributed by atoms with E-state index in [0.717, 1.165) is 38.5 Å². The monoisotopic (exact) mass is 469 g/mol. The number of fused-ring (bicyclic) bond motifs is 1. The largest absolute Gasteiger partial charge is 0.463 e. The number of carbonyl (C=O) groups excluding carboxylic acids is 2. The number of carbonyl (C=O) groups is 2. The number of anilines is 1. The van der Waals surface area contributed by atoms with Crippen molar-refractivity contribution in [3.8, 4) is 6.07 Å². The molecular formula is C24H31N5O5. The summed E-state index contributed by atoms with van der Waals surface area (Å²) >= 11 is 0. The average molecular weight is 470 g/mol. The molecule has 1 saturated carbocycles. The third kappa shape index (κ3) is 4.91. The Morgan fingerprint density at radius 3 is 2.91 bits per heavy atom. The van der Waals surface area contributed by atoms with Gasteiger partial charge in [-0.3, -0.25) is 9.59 Å². The van der Waals surface area contributed by atoms with E-state index in [1.165, 1.54) is 10.8 Å². The first kappa shape index (κ1) is 24.1. The maximum atomic E-state index is 12.3. The quantitative estimate of drug-likeness (QED) is 0.400. The molecule has 1 aliphatic heterocycles. The van der Waals surface area contributed by atoms with Gasteiger partial charge in [-0.15, -0.1) is 0 Å². The fourth-order valence-electron chi connectivity index (χ4n) is 4.51. The molecule has 0 radical (unpaired) electrons. The molecule has 2 N–H and O–H groups in total. The summed E-state index contributed by atoms with van der Waals surface area (Å²) in [5.41, 5.74) is -0.874. The SMILES string of the molecule is CCCCCC(=O)Nc1ncnn2c([C@]3(C#N)O[C@@H](COC(=O)CC4CCC4)C[C@H]3O)ccc12. The van der Waals surface area contributed by atoms with Crippen molar-refractivity contribution in [2.45, 2.75) is 82.5 Å². The first-order valence-electron chi connectivity index (χ1n) is 12.0. The Hall–Kier alpha value is -3.03. The molecule has 1 aliphatic carbocycles. The predicted octanol–water partition coefficient (Wildman–Crippen LogP) is 2.85. The van der Waals surface area contributed by atoms with Crippen LogP contribution in [0.4, 0.5) is 5.82 Å². The summed E-state index contributed by atoms with van der Waals surface area (Å²) in [5.74, 6) is 0.295. The summed E-state index contributed by atoms with van der Waals surface area (Å²) in [6, 6.07) is 5.41. The van der Waals surface area contributed by atoms with Gasteiger partial charge in [-0.2, -0.15) is 10.4 Å². The van der Waals surface area contributed by atoms with Crippen molar-refractivity contribution >= 4 is 23.2 Å². The molecule has 0 aromatic carbocycles. The fourth-order valence-corrected chi connectivity index (χ4v) is 4.51. The van der Waals surface area contributed by atoms with Crippen LogP contribution in [0.5, 0.6) is 0 Å². The number of aliphatic hydroxyl groups excluding tert-OH is 1. The van der Waals surface area contributed by atoms with E-state index in [1.54, 1.807) is 12.1 Å². The normalized spacial score (nSPS) is 24.5. The van der Waals surface area contributed by atoms with Gasteiger partial charge in [0.15, 0.2) is 5.82 Å². The van der Waals surface area contributed by atoms with Gasteiger partial charge in [-0.05, 0) is 37.3 Å². The highest BCUT2D eigenvalue weighted by Crippen LogP contribution is 2.40. The van der Waals surface area contributed by atoms with E-state index in [2.05, 4.69) is 28.4 Å². The molecule has 4 rings (SSSR count). The number of aliphatic hydroxyl groups is 1. The molecule has 0 bridgehead atoms. The maximum Gasteiger partial charge on any atom is 0.306 e. The predicted molar refractivity (Wildman–Crippen MR) is 121 cm³/mol. The van der Waals surface area contributed by atoms with Crippen LogP contribution in [0.15, 0.2) is 18.5 Å². The number of nitrogens with one attached hydrogen (secondary N) is 1. The molecule has 0 spiro atoms. The Balaban J connectivity index is 1.47. The van der Waals surface area contributed by atoms with Crippen molar-refractivity contribution in [1.82, 2.24) is 14.6 Å². The van der Waals surface area contributed by atoms with Gasteiger partial charge in [0.2, 0.25) is 11.5 Å². The Bertz CT molecular complexity index is 1080. The number of esters is 1. The van der Waals surface area contributed by atoms with E-state index in [4.69, 9.17) is 9.47 Å². The zero-order chi connectivity index (χ0) is 24.1. The molecule has 2 fully saturated rings. The van der Waals surface area contributed by atoms with E-state index in [9.17, 15) is 20.0 Å². The van der Waals surface area contributed by atoms with Crippen LogP contribution in [0.1, 0.15) is 70.4 Å². The highest BCUT2D eigenvalue weighted by Gasteiger charge is 2.52. The lowest BCUT2D eigenvalue weighted by molar-refractivity contribution is -0.151. The van der Waals surface area contributed by atoms with Crippen molar-refractivity contribution < 1.29 is 24.2 Å². The van der Waals surface area contributed by atoms with Crippen molar-refractivity contribution in [2.24, 2.45) is 5.92 Å². The van der Waals surface area contributed by atoms with E-state index < -0.39 is 17.8 Å². The number of rotatable bonds is 10. The number of aromatic nitrogens is 3. The van der Waals surface area contributed by atoms with E-state index in [1.807, 2.05) is 0 Å². The van der Waals surface area contributed by atoms with Crippen LogP contribution in [0, 0.1) is 17.2 Å². The van der Waals surface area contributed by atoms with Gasteiger partial charge in [0.05, 0.1) is 11.8 Å². The number of amides is 1. The molecule has 1 saturated heterocycles. The standard InChI is InChI=1S/C24H31N5O5/c1-2-3-4-8-21(31)28-23-18-9-10-19(29(18)27-15-26-23)24(14-25)20(30)12-17(34-24)13-33-22(32)11-16-6-5-7-16/h9-10,15-17,20,30H,2-8,11-13H2,1H3,(H,26,27,28,31)/t17-,20-,24+/m1/s1. The molecule has 2 aromatic rings. The molecule has 0 unspecified atom stereocenters. The van der Waals surface area contributed by atoms with Crippen LogP contribution < -0.4 is 5.32 Å². The Morgan fingerprint density at radius 2 is 2.21 bits per heavy atom. The summed E-state index contributed by atoms with van der Waals surface area (Å²) < 4.78 is 12.8. The number of unbranched alkanes of at least 4 members (excludes halogenated alkanes) is 2. The highest BCUT2D eigenvalue weighted by atomic mass is 16.6. The topological polar surface area (TPSA) is 139 Å². The lowest BCUT2D eigenvalue weighted by Crippen LogP contribution is -2.36. The van der Waals surface area contributed by atoms with E-state index in [0.29, 0.717) is 35.8 Å². The minimum Gasteiger partial charge on any atom is -0.463 e. The maximum absolute atomic E-state index is 12.3. The molecule has 34 heavy (non-hydrogen) atoms. The zero-order valence-electron chi connectivity index (χ0n) is 19.4. The second-order valence-corrected chi connectivity index (χ2v) is 9.15. The minimum atomic E-state index is -1.69. The molecule has 1 amide bonds. The van der Waals surface area contributed by atoms with Crippen LogP contribution in [0.3, 0.4) is 0 Å². The Morgan fingerprint density at radius 1 is 1.38 bits per heavy atom. The van der Waals surface area contributed by atoms with Crippen LogP contribution >= 0.6 is 0 Å². The molecule has 2 aliphatic rings. The van der Waals surface area contributed by atoms with Crippen LogP contribution in [-0.2, 0) is 24.7 Å². The molecule has 3 atom stereocenters. The number of hydrogen-bond donors (Lipinski definition) is 2. The van der Waals surface area contributed by atoms with Crippen molar-refractivity contribution in [3.63, 3.8) is 0 Å². The molecule has 3 heterocycles. The molecule has 182 valence electrons. The lowest BCUT2D eigenvalue weighted by Gasteiger charge is -2.25. The number of nitriles is 1. The van der Waals surface area contributed by atoms with E-state index >= 15 is 0 Å². The van der Waals surface area contributed by atoms with Gasteiger partial charge in [-0.25, -0.2) is 9.50 Å². The second-order valence-electron chi connectivity index (χ2n) is 9.15. The molecule has 10 heteroatoms. The molecular weight excluding hydrogens is 438 g/mol. The smallest absolute Gasteiger partial charge is 0.306 e. The fraction of sp³-hybridized carbons (Fsp3) is 0.625. The third-order valence-corrected chi connectivity index (χ3v) is 6.68. The van der Waals surface area contributed by atoms with Crippen molar-refractivity contribution in [1.29, 1.82) is 5.26 Å². The third-order valence-electron chi connectivity index (χ3n) is 6.68. The van der Waals surface area contributed by atoms with Crippen molar-refractivity contribution in [3.05, 3.63) is 24.2 Å². The zero-order valence-corrected chi connectivity index (χ0v) is 19.4. The highest BCUT2D eigenvalue weighted by molar-refractivity contribution is 5.93. The average Bonchev–Trinajstić information content (AvgIpc) is 3.37. The van der Waals surface area contributed by atoms with Gasteiger partial charge < -0.3 is 19.9 Å². The van der Waals surface area contributed by atoms with Crippen LogP contribution in [-0.4, -0.2) is 50.4 Å². The van der Waals surface area contributed by atoms with Gasteiger partial charge in [0.1, 0.15) is 30.6 Å². The summed E-state index contributed by atoms with van der Waals surface area (Å²) in [4.78, 5) is 28.5. The van der Waals surface area contributed by atoms with Crippen molar-refractivity contribution in [2.75, 3.05) is 11.9 Å². The first-order chi connectivity index (χ1) is 16.5. The lowest BCUT2D eigenvalue weighted by atomic mass is 9.83. The van der Waals surface area contributed by atoms with Gasteiger partial charge in [0, 0.05) is 19.3 Å². The second kappa shape index (κ2) is 10.5. The van der Waals surface area contributed by atoms with Gasteiger partial charge in [-0.1, -0.05) is 26.2 Å². The summed E-state index contributed by atoms with van der Waals surface area (Å²) in [7, 11) is 0. The minimum absolute atomic E-state index is 0.0244. The Labute approximate surface area is 198 Å². The van der Waals surface area contributed by atoms with Crippen LogP contribution in [0.2, 0.25) is 0 Å². The van der Waals surface area contributed by atoms with Gasteiger partial charge >= 0.3 is 5.97 Å². The van der Waals surface area contributed by atoms with Gasteiger partial charge in [0.25, 0.3) is 0 Å². The molecule has 10 nitrogen and oxygen atoms in total. The van der Waals surface area contributed by atoms with E-state index in [-0.39, 0.29) is 24.9 Å². The van der Waals surface area contributed by atoms with Crippen LogP contribution in [0.25, 0.3) is 5.52 Å². The number of ether oxygens (including phenoxy) is 2. The molecule has 2 aromatic heterocycles. The number of nitrogens with zero attached hydrogens (tertiary/aromatic N) is 4. The summed E-state index contributed by atoms with van der Waals surface area (Å²) in [6.45, 7) is 2.05. The Kier molecular flexibility index (Phi) is 7.44. The first-order valence-corrected chi connectivity index (χ1v) is 12.0. The summed E-state index contributed by atoms with van der Waals surface area (Å²) in [5, 5.41) is 27.9. The summed E-state index contributed by atoms with van der Waals surface area (Å²) in [6.07, 6.45) is 6.48. The number of hydrogen-bond acceptors (Lipinski definition) is 8.